The summed E-state index contributed by atoms with van der Waals surface area (Å²) < 4.78 is 11.5. The Morgan fingerprint density at radius 1 is 1.30 bits per heavy atom. The minimum absolute atomic E-state index is 0.0121. The number of para-hydroxylation sites is 2. The Hall–Kier alpha value is -2.24. The third kappa shape index (κ3) is 4.37. The van der Waals surface area contributed by atoms with Crippen molar-refractivity contribution in [1.29, 1.82) is 0 Å². The van der Waals surface area contributed by atoms with E-state index in [4.69, 9.17) is 9.47 Å². The van der Waals surface area contributed by atoms with Crippen LogP contribution in [0.3, 0.4) is 0 Å². The SMILES string of the molecule is CC(=O)N[C@H](C(=O)N(C)C[C@H]1COc2ccccc2O1)C(C)C. The van der Waals surface area contributed by atoms with Crippen LogP contribution < -0.4 is 14.8 Å². The van der Waals surface area contributed by atoms with Gasteiger partial charge in [0.1, 0.15) is 12.6 Å². The van der Waals surface area contributed by atoms with E-state index in [9.17, 15) is 9.59 Å². The van der Waals surface area contributed by atoms with Crippen LogP contribution in [0, 0.1) is 5.92 Å². The van der Waals surface area contributed by atoms with Crippen molar-refractivity contribution in [1.82, 2.24) is 10.2 Å². The highest BCUT2D eigenvalue weighted by Crippen LogP contribution is 2.30. The van der Waals surface area contributed by atoms with Crippen molar-refractivity contribution >= 4 is 11.8 Å². The molecule has 0 spiro atoms. The molecule has 0 saturated heterocycles. The number of hydrogen-bond donors (Lipinski definition) is 1. The summed E-state index contributed by atoms with van der Waals surface area (Å²) in [6.45, 7) is 6.01. The summed E-state index contributed by atoms with van der Waals surface area (Å²) >= 11 is 0. The van der Waals surface area contributed by atoms with Gasteiger partial charge in [-0.3, -0.25) is 9.59 Å². The third-order valence-corrected chi connectivity index (χ3v) is 3.71. The van der Waals surface area contributed by atoms with Gasteiger partial charge in [-0.25, -0.2) is 0 Å². The summed E-state index contributed by atoms with van der Waals surface area (Å²) in [7, 11) is 1.71. The summed E-state index contributed by atoms with van der Waals surface area (Å²) in [4.78, 5) is 25.4. The molecule has 0 unspecified atom stereocenters. The molecule has 1 aromatic carbocycles. The number of rotatable bonds is 5. The molecule has 1 heterocycles. The van der Waals surface area contributed by atoms with Gasteiger partial charge in [0, 0.05) is 14.0 Å². The normalized spacial score (nSPS) is 17.5. The molecule has 2 atom stereocenters. The Morgan fingerprint density at radius 3 is 2.57 bits per heavy atom. The second-order valence-corrected chi connectivity index (χ2v) is 6.14. The quantitative estimate of drug-likeness (QED) is 0.891. The fraction of sp³-hybridized carbons (Fsp3) is 0.529. The molecule has 1 aliphatic rings. The molecule has 0 aromatic heterocycles. The van der Waals surface area contributed by atoms with Gasteiger partial charge in [-0.1, -0.05) is 26.0 Å². The lowest BCUT2D eigenvalue weighted by Crippen LogP contribution is -2.52. The first-order chi connectivity index (χ1) is 10.9. The number of hydrogen-bond acceptors (Lipinski definition) is 4. The highest BCUT2D eigenvalue weighted by Gasteiger charge is 2.29. The number of ether oxygens (including phenoxy) is 2. The Kier molecular flexibility index (Phi) is 5.47. The second-order valence-electron chi connectivity index (χ2n) is 6.14. The Labute approximate surface area is 136 Å². The summed E-state index contributed by atoms with van der Waals surface area (Å²) in [5, 5.41) is 2.71. The van der Waals surface area contributed by atoms with Crippen LogP contribution in [-0.4, -0.2) is 49.1 Å². The molecule has 6 nitrogen and oxygen atoms in total. The zero-order valence-corrected chi connectivity index (χ0v) is 14.0. The van der Waals surface area contributed by atoms with E-state index in [2.05, 4.69) is 5.32 Å². The van der Waals surface area contributed by atoms with E-state index in [0.29, 0.717) is 18.9 Å². The van der Waals surface area contributed by atoms with Crippen molar-refractivity contribution in [3.05, 3.63) is 24.3 Å². The summed E-state index contributed by atoms with van der Waals surface area (Å²) in [6, 6.07) is 6.93. The van der Waals surface area contributed by atoms with Gasteiger partial charge in [-0.15, -0.1) is 0 Å². The standard InChI is InChI=1S/C17H24N2O4/c1-11(2)16(18-12(3)20)17(21)19(4)9-13-10-22-14-7-5-6-8-15(14)23-13/h5-8,11,13,16H,9-10H2,1-4H3,(H,18,20)/t13-,16-/m0/s1. The van der Waals surface area contributed by atoms with E-state index in [1.165, 1.54) is 6.92 Å². The van der Waals surface area contributed by atoms with E-state index in [1.54, 1.807) is 11.9 Å². The van der Waals surface area contributed by atoms with Gasteiger partial charge in [0.2, 0.25) is 11.8 Å². The number of amides is 2. The zero-order valence-electron chi connectivity index (χ0n) is 14.0. The number of fused-ring (bicyclic) bond motifs is 1. The number of benzene rings is 1. The average molecular weight is 320 g/mol. The molecule has 0 aliphatic carbocycles. The molecular formula is C17H24N2O4. The van der Waals surface area contributed by atoms with Crippen molar-refractivity contribution < 1.29 is 19.1 Å². The average Bonchev–Trinajstić information content (AvgIpc) is 2.51. The monoisotopic (exact) mass is 320 g/mol. The van der Waals surface area contributed by atoms with Gasteiger partial charge in [0.05, 0.1) is 6.54 Å². The van der Waals surface area contributed by atoms with E-state index in [1.807, 2.05) is 38.1 Å². The Morgan fingerprint density at radius 2 is 1.96 bits per heavy atom. The lowest BCUT2D eigenvalue weighted by atomic mass is 10.0. The topological polar surface area (TPSA) is 67.9 Å². The zero-order chi connectivity index (χ0) is 17.0. The molecule has 0 fully saturated rings. The number of carbonyl (C=O) groups is 2. The van der Waals surface area contributed by atoms with Gasteiger partial charge in [-0.05, 0) is 18.1 Å². The maximum absolute atomic E-state index is 12.6. The summed E-state index contributed by atoms with van der Waals surface area (Å²) in [5.74, 6) is 1.08. The van der Waals surface area contributed by atoms with Crippen molar-refractivity contribution in [3.63, 3.8) is 0 Å². The van der Waals surface area contributed by atoms with Gasteiger partial charge >= 0.3 is 0 Å². The number of likely N-dealkylation sites (N-methyl/N-ethyl adjacent to an activating group) is 1. The molecule has 6 heteroatoms. The number of nitrogens with one attached hydrogen (secondary N) is 1. The first-order valence-corrected chi connectivity index (χ1v) is 7.79. The maximum atomic E-state index is 12.6. The van der Waals surface area contributed by atoms with E-state index in [-0.39, 0.29) is 23.8 Å². The van der Waals surface area contributed by atoms with E-state index >= 15 is 0 Å². The van der Waals surface area contributed by atoms with Crippen LogP contribution in [0.25, 0.3) is 0 Å². The largest absolute Gasteiger partial charge is 0.486 e. The van der Waals surface area contributed by atoms with Crippen LogP contribution in [0.2, 0.25) is 0 Å². The fourth-order valence-corrected chi connectivity index (χ4v) is 2.52. The molecule has 1 aromatic rings. The Balaban J connectivity index is 1.97. The first-order valence-electron chi connectivity index (χ1n) is 7.79. The van der Waals surface area contributed by atoms with Crippen LogP contribution in [-0.2, 0) is 9.59 Å². The summed E-state index contributed by atoms with van der Waals surface area (Å²) in [6.07, 6.45) is -0.232. The van der Waals surface area contributed by atoms with Crippen LogP contribution in [0.15, 0.2) is 24.3 Å². The second kappa shape index (κ2) is 7.35. The van der Waals surface area contributed by atoms with Gasteiger partial charge < -0.3 is 19.7 Å². The highest BCUT2D eigenvalue weighted by molar-refractivity contribution is 5.87. The molecule has 0 saturated carbocycles. The lowest BCUT2D eigenvalue weighted by Gasteiger charge is -2.32. The predicted molar refractivity (Wildman–Crippen MR) is 86.4 cm³/mol. The van der Waals surface area contributed by atoms with E-state index in [0.717, 1.165) is 5.75 Å². The summed E-state index contributed by atoms with van der Waals surface area (Å²) in [5.41, 5.74) is 0. The first kappa shape index (κ1) is 17.1. The van der Waals surface area contributed by atoms with Crippen LogP contribution in [0.1, 0.15) is 20.8 Å². The molecule has 2 amide bonds. The molecule has 0 radical (unpaired) electrons. The molecular weight excluding hydrogens is 296 g/mol. The van der Waals surface area contributed by atoms with E-state index < -0.39 is 6.04 Å². The van der Waals surface area contributed by atoms with Crippen LogP contribution in [0.4, 0.5) is 0 Å². The third-order valence-electron chi connectivity index (χ3n) is 3.71. The molecule has 126 valence electrons. The van der Waals surface area contributed by atoms with Crippen LogP contribution >= 0.6 is 0 Å². The molecule has 23 heavy (non-hydrogen) atoms. The van der Waals surface area contributed by atoms with Crippen molar-refractivity contribution in [2.24, 2.45) is 5.92 Å². The Bertz CT molecular complexity index is 573. The molecule has 2 rings (SSSR count). The minimum Gasteiger partial charge on any atom is -0.486 e. The molecule has 0 bridgehead atoms. The van der Waals surface area contributed by atoms with Gasteiger partial charge in [-0.2, -0.15) is 0 Å². The van der Waals surface area contributed by atoms with Crippen molar-refractivity contribution in [3.8, 4) is 11.5 Å². The molecule has 1 N–H and O–H groups in total. The van der Waals surface area contributed by atoms with Gasteiger partial charge in [0.15, 0.2) is 17.6 Å². The number of nitrogens with zero attached hydrogens (tertiary/aromatic N) is 1. The predicted octanol–water partition coefficient (Wildman–Crippen LogP) is 1.45. The lowest BCUT2D eigenvalue weighted by molar-refractivity contribution is -0.137. The minimum atomic E-state index is -0.533. The maximum Gasteiger partial charge on any atom is 0.245 e. The number of carbonyl (C=O) groups excluding carboxylic acids is 2. The fourth-order valence-electron chi connectivity index (χ4n) is 2.52. The van der Waals surface area contributed by atoms with Gasteiger partial charge in [0.25, 0.3) is 0 Å². The van der Waals surface area contributed by atoms with Crippen LogP contribution in [0.5, 0.6) is 11.5 Å². The van der Waals surface area contributed by atoms with Crippen molar-refractivity contribution in [2.75, 3.05) is 20.2 Å². The smallest absolute Gasteiger partial charge is 0.245 e. The molecule has 1 aliphatic heterocycles. The van der Waals surface area contributed by atoms with Crippen molar-refractivity contribution in [2.45, 2.75) is 32.9 Å². The highest BCUT2D eigenvalue weighted by atomic mass is 16.6.